The van der Waals surface area contributed by atoms with E-state index in [2.05, 4.69) is 16.9 Å². The van der Waals surface area contributed by atoms with Crippen molar-refractivity contribution in [2.24, 2.45) is 11.8 Å². The largest absolute Gasteiger partial charge is 0.480 e. The molecule has 0 aromatic carbocycles. The first-order valence-electron chi connectivity index (χ1n) is 6.30. The van der Waals surface area contributed by atoms with Gasteiger partial charge in [0.25, 0.3) is 0 Å². The Morgan fingerprint density at radius 2 is 2.11 bits per heavy atom. The van der Waals surface area contributed by atoms with Gasteiger partial charge in [-0.2, -0.15) is 4.98 Å². The van der Waals surface area contributed by atoms with Crippen molar-refractivity contribution in [3.63, 3.8) is 0 Å². The van der Waals surface area contributed by atoms with Gasteiger partial charge in [0.2, 0.25) is 11.8 Å². The van der Waals surface area contributed by atoms with Gasteiger partial charge >= 0.3 is 0 Å². The third kappa shape index (κ3) is 2.41. The number of aliphatic hydroxyl groups is 1. The van der Waals surface area contributed by atoms with Crippen molar-refractivity contribution in [2.75, 3.05) is 14.2 Å². The Bertz CT molecular complexity index is 411. The van der Waals surface area contributed by atoms with E-state index >= 15 is 0 Å². The summed E-state index contributed by atoms with van der Waals surface area (Å²) in [5.74, 6) is 1.48. The van der Waals surface area contributed by atoms with Crippen LogP contribution in [0.1, 0.15) is 38.0 Å². The predicted molar refractivity (Wildman–Crippen MR) is 66.6 cm³/mol. The maximum atomic E-state index is 10.4. The maximum absolute atomic E-state index is 10.4. The molecule has 0 aliphatic heterocycles. The summed E-state index contributed by atoms with van der Waals surface area (Å²) >= 11 is 0. The maximum Gasteiger partial charge on any atom is 0.241 e. The van der Waals surface area contributed by atoms with E-state index in [4.69, 9.17) is 9.47 Å². The third-order valence-electron chi connectivity index (χ3n) is 3.76. The van der Waals surface area contributed by atoms with Gasteiger partial charge in [-0.1, -0.05) is 19.8 Å². The summed E-state index contributed by atoms with van der Waals surface area (Å²) in [5, 5.41) is 10.4. The number of hydrogen-bond donors (Lipinski definition) is 1. The molecule has 0 saturated heterocycles. The number of nitrogens with zero attached hydrogens (tertiary/aromatic N) is 2. The summed E-state index contributed by atoms with van der Waals surface area (Å²) in [7, 11) is 3.05. The summed E-state index contributed by atoms with van der Waals surface area (Å²) in [6.45, 7) is 2.17. The Morgan fingerprint density at radius 1 is 1.33 bits per heavy atom. The fourth-order valence-corrected chi connectivity index (χ4v) is 2.66. The van der Waals surface area contributed by atoms with Gasteiger partial charge in [0.05, 0.1) is 20.4 Å². The summed E-state index contributed by atoms with van der Waals surface area (Å²) < 4.78 is 10.2. The van der Waals surface area contributed by atoms with Crippen LogP contribution >= 0.6 is 0 Å². The molecule has 3 atom stereocenters. The molecule has 100 valence electrons. The zero-order valence-corrected chi connectivity index (χ0v) is 11.1. The molecule has 18 heavy (non-hydrogen) atoms. The van der Waals surface area contributed by atoms with E-state index in [9.17, 15) is 5.11 Å². The molecule has 1 heterocycles. The monoisotopic (exact) mass is 252 g/mol. The number of ether oxygens (including phenoxy) is 2. The lowest BCUT2D eigenvalue weighted by atomic mass is 9.90. The third-order valence-corrected chi connectivity index (χ3v) is 3.76. The Hall–Kier alpha value is -1.36. The van der Waals surface area contributed by atoms with Crippen molar-refractivity contribution >= 4 is 0 Å². The first-order chi connectivity index (χ1) is 8.67. The summed E-state index contributed by atoms with van der Waals surface area (Å²) in [4.78, 5) is 8.40. The molecule has 1 aliphatic carbocycles. The second-order valence-electron chi connectivity index (χ2n) is 4.82. The van der Waals surface area contributed by atoms with Crippen LogP contribution < -0.4 is 9.47 Å². The normalized spacial score (nSPS) is 24.9. The minimum atomic E-state index is -0.615. The quantitative estimate of drug-likeness (QED) is 0.887. The molecule has 0 amide bonds. The van der Waals surface area contributed by atoms with Crippen molar-refractivity contribution in [3.05, 3.63) is 11.9 Å². The van der Waals surface area contributed by atoms with E-state index < -0.39 is 6.10 Å². The van der Waals surface area contributed by atoms with E-state index in [0.717, 1.165) is 19.3 Å². The highest BCUT2D eigenvalue weighted by atomic mass is 16.5. The smallest absolute Gasteiger partial charge is 0.241 e. The van der Waals surface area contributed by atoms with E-state index in [1.54, 1.807) is 0 Å². The van der Waals surface area contributed by atoms with Gasteiger partial charge in [-0.3, -0.25) is 0 Å². The molecule has 2 rings (SSSR count). The number of hydrogen-bond acceptors (Lipinski definition) is 5. The van der Waals surface area contributed by atoms with E-state index in [-0.39, 0.29) is 5.92 Å². The second-order valence-corrected chi connectivity index (χ2v) is 4.82. The Balaban J connectivity index is 2.26. The molecule has 1 saturated carbocycles. The molecular weight excluding hydrogens is 232 g/mol. The zero-order chi connectivity index (χ0) is 13.1. The molecule has 5 nitrogen and oxygen atoms in total. The fourth-order valence-electron chi connectivity index (χ4n) is 2.66. The lowest BCUT2D eigenvalue weighted by Gasteiger charge is -2.22. The number of rotatable bonds is 4. The van der Waals surface area contributed by atoms with Crippen LogP contribution in [0.15, 0.2) is 6.20 Å². The van der Waals surface area contributed by atoms with Crippen molar-refractivity contribution in [1.82, 2.24) is 9.97 Å². The molecule has 3 unspecified atom stereocenters. The molecule has 0 bridgehead atoms. The van der Waals surface area contributed by atoms with E-state index in [0.29, 0.717) is 23.4 Å². The number of aromatic nitrogens is 2. The lowest BCUT2D eigenvalue weighted by molar-refractivity contribution is 0.0825. The Labute approximate surface area is 107 Å². The average Bonchev–Trinajstić information content (AvgIpc) is 2.83. The van der Waals surface area contributed by atoms with E-state index in [1.165, 1.54) is 20.4 Å². The van der Waals surface area contributed by atoms with Crippen LogP contribution in [0, 0.1) is 11.8 Å². The van der Waals surface area contributed by atoms with Crippen LogP contribution in [0.5, 0.6) is 11.8 Å². The molecular formula is C13H20N2O3. The van der Waals surface area contributed by atoms with Gasteiger partial charge in [0, 0.05) is 0 Å². The SMILES string of the molecule is COc1cnc(C(O)C2CCCC2C)c(OC)n1. The Morgan fingerprint density at radius 3 is 2.67 bits per heavy atom. The zero-order valence-electron chi connectivity index (χ0n) is 11.1. The van der Waals surface area contributed by atoms with Gasteiger partial charge in [-0.25, -0.2) is 4.98 Å². The topological polar surface area (TPSA) is 64.5 Å². The lowest BCUT2D eigenvalue weighted by Crippen LogP contribution is -2.17. The molecule has 5 heteroatoms. The van der Waals surface area contributed by atoms with Gasteiger partial charge < -0.3 is 14.6 Å². The molecule has 0 radical (unpaired) electrons. The highest BCUT2D eigenvalue weighted by Crippen LogP contribution is 2.41. The van der Waals surface area contributed by atoms with Crippen LogP contribution in [0.25, 0.3) is 0 Å². The highest BCUT2D eigenvalue weighted by molar-refractivity contribution is 5.25. The summed E-state index contributed by atoms with van der Waals surface area (Å²) in [5.41, 5.74) is 0.511. The Kier molecular flexibility index (Phi) is 4.01. The molecule has 1 aliphatic rings. The van der Waals surface area contributed by atoms with Crippen LogP contribution in [-0.2, 0) is 0 Å². The molecule has 1 aromatic heterocycles. The van der Waals surface area contributed by atoms with Gasteiger partial charge in [-0.15, -0.1) is 0 Å². The van der Waals surface area contributed by atoms with Crippen LogP contribution in [0.4, 0.5) is 0 Å². The molecule has 1 N–H and O–H groups in total. The van der Waals surface area contributed by atoms with E-state index in [1.807, 2.05) is 0 Å². The number of aliphatic hydroxyl groups excluding tert-OH is 1. The first kappa shape index (κ1) is 13.1. The minimum Gasteiger partial charge on any atom is -0.480 e. The first-order valence-corrected chi connectivity index (χ1v) is 6.30. The van der Waals surface area contributed by atoms with Gasteiger partial charge in [-0.05, 0) is 18.3 Å². The minimum absolute atomic E-state index is 0.238. The predicted octanol–water partition coefficient (Wildman–Crippen LogP) is 1.96. The van der Waals surface area contributed by atoms with Crippen LogP contribution in [0.2, 0.25) is 0 Å². The van der Waals surface area contributed by atoms with Crippen molar-refractivity contribution in [3.8, 4) is 11.8 Å². The molecule has 1 aromatic rings. The highest BCUT2D eigenvalue weighted by Gasteiger charge is 2.33. The standard InChI is InChI=1S/C13H20N2O3/c1-8-5-4-6-9(8)12(16)11-13(18-3)15-10(17-2)7-14-11/h7-9,12,16H,4-6H2,1-3H3. The van der Waals surface area contributed by atoms with Crippen LogP contribution in [-0.4, -0.2) is 29.3 Å². The summed E-state index contributed by atoms with van der Waals surface area (Å²) in [6, 6.07) is 0. The number of methoxy groups -OCH3 is 2. The van der Waals surface area contributed by atoms with Gasteiger partial charge in [0.1, 0.15) is 11.8 Å². The van der Waals surface area contributed by atoms with Crippen molar-refractivity contribution < 1.29 is 14.6 Å². The summed E-state index contributed by atoms with van der Waals surface area (Å²) in [6.07, 6.45) is 4.25. The van der Waals surface area contributed by atoms with Gasteiger partial charge in [0.15, 0.2) is 0 Å². The molecule has 1 fully saturated rings. The average molecular weight is 252 g/mol. The molecule has 0 spiro atoms. The van der Waals surface area contributed by atoms with Crippen LogP contribution in [0.3, 0.4) is 0 Å². The van der Waals surface area contributed by atoms with Crippen molar-refractivity contribution in [1.29, 1.82) is 0 Å². The second kappa shape index (κ2) is 5.52. The fraction of sp³-hybridized carbons (Fsp3) is 0.692. The van der Waals surface area contributed by atoms with Crippen molar-refractivity contribution in [2.45, 2.75) is 32.3 Å².